The van der Waals surface area contributed by atoms with Crippen molar-refractivity contribution in [1.29, 1.82) is 0 Å². The van der Waals surface area contributed by atoms with Gasteiger partial charge in [-0.15, -0.1) is 10.2 Å². The quantitative estimate of drug-likeness (QED) is 0.760. The van der Waals surface area contributed by atoms with Crippen LogP contribution in [0.3, 0.4) is 0 Å². The van der Waals surface area contributed by atoms with Gasteiger partial charge in [-0.25, -0.2) is 0 Å². The van der Waals surface area contributed by atoms with E-state index in [4.69, 9.17) is 11.6 Å². The highest BCUT2D eigenvalue weighted by Gasteiger charge is 2.10. The predicted octanol–water partition coefficient (Wildman–Crippen LogP) is 3.73. The van der Waals surface area contributed by atoms with Crippen LogP contribution in [0, 0.1) is 0 Å². The number of aromatic nitrogens is 3. The van der Waals surface area contributed by atoms with Gasteiger partial charge in [0.1, 0.15) is 5.82 Å². The lowest BCUT2D eigenvalue weighted by Gasteiger charge is -2.06. The third-order valence-electron chi connectivity index (χ3n) is 2.71. The predicted molar refractivity (Wildman–Crippen MR) is 80.7 cm³/mol. The summed E-state index contributed by atoms with van der Waals surface area (Å²) in [6.07, 6.45) is 2.71. The molecule has 0 aliphatic heterocycles. The van der Waals surface area contributed by atoms with Gasteiger partial charge < -0.3 is 4.57 Å². The summed E-state index contributed by atoms with van der Waals surface area (Å²) in [7, 11) is 0. The summed E-state index contributed by atoms with van der Waals surface area (Å²) in [5.74, 6) is 1.82. The van der Waals surface area contributed by atoms with Crippen molar-refractivity contribution in [2.24, 2.45) is 0 Å². The number of thioether (sulfide) groups is 1. The second-order valence-electron chi connectivity index (χ2n) is 3.98. The number of benzene rings is 1. The van der Waals surface area contributed by atoms with Crippen molar-refractivity contribution in [3.05, 3.63) is 53.3 Å². The van der Waals surface area contributed by atoms with E-state index < -0.39 is 0 Å². The summed E-state index contributed by atoms with van der Waals surface area (Å²) in [6, 6.07) is 10.3. The molecule has 0 bridgehead atoms. The van der Waals surface area contributed by atoms with Crippen molar-refractivity contribution in [3.8, 4) is 0 Å². The number of halogens is 1. The Morgan fingerprint density at radius 2 is 2.05 bits per heavy atom. The topological polar surface area (TPSA) is 30.7 Å². The van der Waals surface area contributed by atoms with Gasteiger partial charge in [0, 0.05) is 24.3 Å². The maximum atomic E-state index is 5.52. The molecular formula is C14H16ClN3S. The van der Waals surface area contributed by atoms with E-state index in [1.807, 2.05) is 24.3 Å². The van der Waals surface area contributed by atoms with Gasteiger partial charge >= 0.3 is 0 Å². The highest BCUT2D eigenvalue weighted by Crippen LogP contribution is 2.18. The van der Waals surface area contributed by atoms with Gasteiger partial charge in [0.15, 0.2) is 5.16 Å². The number of rotatable bonds is 6. The molecule has 0 saturated heterocycles. The third-order valence-corrected chi connectivity index (χ3v) is 3.81. The highest BCUT2D eigenvalue weighted by atomic mass is 35.5. The molecule has 0 saturated carbocycles. The standard InChI is InChI=1S/C14H16ClN3S/c1-2-18-13(11-12-7-4-3-5-8-12)16-17-14(18)19-10-6-9-15/h3-9H,2,10-11H2,1H3. The Hall–Kier alpha value is -1.26. The largest absolute Gasteiger partial charge is 0.306 e. The Morgan fingerprint density at radius 1 is 1.26 bits per heavy atom. The highest BCUT2D eigenvalue weighted by molar-refractivity contribution is 7.99. The van der Waals surface area contributed by atoms with Crippen molar-refractivity contribution in [3.63, 3.8) is 0 Å². The van der Waals surface area contributed by atoms with Crippen LogP contribution in [0.1, 0.15) is 18.3 Å². The summed E-state index contributed by atoms with van der Waals surface area (Å²) in [4.78, 5) is 0. The first-order valence-corrected chi connectivity index (χ1v) is 7.61. The fourth-order valence-electron chi connectivity index (χ4n) is 1.81. The van der Waals surface area contributed by atoms with Gasteiger partial charge in [-0.05, 0) is 12.5 Å². The van der Waals surface area contributed by atoms with Crippen LogP contribution < -0.4 is 0 Å². The van der Waals surface area contributed by atoms with Crippen LogP contribution in [0.2, 0.25) is 0 Å². The molecule has 0 radical (unpaired) electrons. The van der Waals surface area contributed by atoms with Crippen LogP contribution in [0.5, 0.6) is 0 Å². The molecule has 19 heavy (non-hydrogen) atoms. The zero-order chi connectivity index (χ0) is 13.5. The maximum Gasteiger partial charge on any atom is 0.191 e. The molecule has 1 aromatic heterocycles. The van der Waals surface area contributed by atoms with E-state index >= 15 is 0 Å². The molecule has 0 amide bonds. The van der Waals surface area contributed by atoms with Crippen molar-refractivity contribution in [2.75, 3.05) is 5.75 Å². The second kappa shape index (κ2) is 7.36. The smallest absolute Gasteiger partial charge is 0.191 e. The van der Waals surface area contributed by atoms with Gasteiger partial charge in [0.2, 0.25) is 0 Å². The molecule has 0 atom stereocenters. The molecule has 100 valence electrons. The van der Waals surface area contributed by atoms with E-state index in [2.05, 4.69) is 33.8 Å². The van der Waals surface area contributed by atoms with E-state index in [0.29, 0.717) is 0 Å². The van der Waals surface area contributed by atoms with Crippen molar-refractivity contribution in [1.82, 2.24) is 14.8 Å². The second-order valence-corrected chi connectivity index (χ2v) is 5.22. The minimum absolute atomic E-state index is 0.812. The fourth-order valence-corrected chi connectivity index (χ4v) is 2.84. The SMILES string of the molecule is CCn1c(Cc2ccccc2)nnc1SCC=CCl. The van der Waals surface area contributed by atoms with Crippen LogP contribution in [-0.4, -0.2) is 20.5 Å². The molecule has 0 unspecified atom stereocenters. The van der Waals surface area contributed by atoms with Crippen LogP contribution >= 0.6 is 23.4 Å². The lowest BCUT2D eigenvalue weighted by atomic mass is 10.1. The van der Waals surface area contributed by atoms with Crippen molar-refractivity contribution < 1.29 is 0 Å². The first-order valence-electron chi connectivity index (χ1n) is 6.19. The summed E-state index contributed by atoms with van der Waals surface area (Å²) < 4.78 is 2.15. The average Bonchev–Trinajstić information content (AvgIpc) is 2.82. The average molecular weight is 294 g/mol. The molecule has 1 aromatic carbocycles. The molecule has 3 nitrogen and oxygen atoms in total. The van der Waals surface area contributed by atoms with Gasteiger partial charge in [-0.3, -0.25) is 0 Å². The molecule has 0 spiro atoms. The number of hydrogen-bond donors (Lipinski definition) is 0. The van der Waals surface area contributed by atoms with Crippen LogP contribution in [-0.2, 0) is 13.0 Å². The van der Waals surface area contributed by atoms with E-state index in [-0.39, 0.29) is 0 Å². The lowest BCUT2D eigenvalue weighted by Crippen LogP contribution is -2.04. The van der Waals surface area contributed by atoms with Crippen molar-refractivity contribution >= 4 is 23.4 Å². The minimum Gasteiger partial charge on any atom is -0.306 e. The van der Waals surface area contributed by atoms with Gasteiger partial charge in [0.25, 0.3) is 0 Å². The summed E-state index contributed by atoms with van der Waals surface area (Å²) in [5.41, 5.74) is 2.78. The molecule has 0 aliphatic carbocycles. The van der Waals surface area contributed by atoms with Crippen molar-refractivity contribution in [2.45, 2.75) is 25.0 Å². The fraction of sp³-hybridized carbons (Fsp3) is 0.286. The minimum atomic E-state index is 0.812. The summed E-state index contributed by atoms with van der Waals surface area (Å²) in [5, 5.41) is 9.50. The van der Waals surface area contributed by atoms with E-state index in [1.54, 1.807) is 11.8 Å². The summed E-state index contributed by atoms with van der Waals surface area (Å²) >= 11 is 7.16. The van der Waals surface area contributed by atoms with Gasteiger partial charge in [0.05, 0.1) is 0 Å². The van der Waals surface area contributed by atoms with Crippen LogP contribution in [0.4, 0.5) is 0 Å². The zero-order valence-corrected chi connectivity index (χ0v) is 12.4. The lowest BCUT2D eigenvalue weighted by molar-refractivity contribution is 0.651. The van der Waals surface area contributed by atoms with E-state index in [0.717, 1.165) is 29.7 Å². The Morgan fingerprint density at radius 3 is 2.74 bits per heavy atom. The molecule has 0 N–H and O–H groups in total. The van der Waals surface area contributed by atoms with Crippen LogP contribution in [0.15, 0.2) is 47.1 Å². The van der Waals surface area contributed by atoms with Gasteiger partial charge in [-0.2, -0.15) is 0 Å². The Bertz CT molecular complexity index is 537. The third kappa shape index (κ3) is 3.85. The monoisotopic (exact) mass is 293 g/mol. The molecule has 2 aromatic rings. The normalized spacial score (nSPS) is 11.3. The zero-order valence-electron chi connectivity index (χ0n) is 10.8. The molecular weight excluding hydrogens is 278 g/mol. The molecule has 1 heterocycles. The molecule has 5 heteroatoms. The molecule has 0 aliphatic rings. The van der Waals surface area contributed by atoms with Gasteiger partial charge in [-0.1, -0.05) is 59.8 Å². The first kappa shape index (κ1) is 14.2. The number of hydrogen-bond acceptors (Lipinski definition) is 3. The number of nitrogens with zero attached hydrogens (tertiary/aromatic N) is 3. The first-order chi connectivity index (χ1) is 9.35. The van der Waals surface area contributed by atoms with E-state index in [9.17, 15) is 0 Å². The Labute approximate surface area is 122 Å². The molecule has 0 fully saturated rings. The van der Waals surface area contributed by atoms with Crippen LogP contribution in [0.25, 0.3) is 0 Å². The Kier molecular flexibility index (Phi) is 5.48. The maximum absolute atomic E-state index is 5.52. The molecule has 2 rings (SSSR count). The Balaban J connectivity index is 2.13. The summed E-state index contributed by atoms with van der Waals surface area (Å²) in [6.45, 7) is 2.99. The van der Waals surface area contributed by atoms with E-state index in [1.165, 1.54) is 11.1 Å².